The number of carbonyl (C=O) groups is 1. The fourth-order valence-corrected chi connectivity index (χ4v) is 4.98. The molecule has 31 heavy (non-hydrogen) atoms. The van der Waals surface area contributed by atoms with Crippen LogP contribution >= 0.6 is 11.3 Å². The van der Waals surface area contributed by atoms with Crippen LogP contribution in [0.4, 0.5) is 5.95 Å². The average molecular weight is 439 g/mol. The van der Waals surface area contributed by atoms with Crippen molar-refractivity contribution in [3.63, 3.8) is 0 Å². The lowest BCUT2D eigenvalue weighted by Gasteiger charge is -2.32. The second-order valence-corrected chi connectivity index (χ2v) is 9.66. The Morgan fingerprint density at radius 3 is 2.55 bits per heavy atom. The molecule has 1 saturated heterocycles. The molecule has 2 aliphatic rings. The van der Waals surface area contributed by atoms with Crippen molar-refractivity contribution in [2.24, 2.45) is 0 Å². The van der Waals surface area contributed by atoms with E-state index in [1.807, 2.05) is 37.9 Å². The molecule has 0 aromatic carbocycles. The molecule has 0 bridgehead atoms. The Labute approximate surface area is 185 Å². The zero-order valence-electron chi connectivity index (χ0n) is 18.0. The summed E-state index contributed by atoms with van der Waals surface area (Å²) < 4.78 is 5.53. The van der Waals surface area contributed by atoms with Crippen molar-refractivity contribution in [3.05, 3.63) is 39.2 Å². The van der Waals surface area contributed by atoms with E-state index in [1.165, 1.54) is 24.2 Å². The van der Waals surface area contributed by atoms with Gasteiger partial charge in [-0.3, -0.25) is 4.79 Å². The summed E-state index contributed by atoms with van der Waals surface area (Å²) >= 11 is 1.48. The number of aryl methyl sites for hydroxylation is 3. The summed E-state index contributed by atoms with van der Waals surface area (Å²) in [6.07, 6.45) is 5.87. The third-order valence-electron chi connectivity index (χ3n) is 5.89. The van der Waals surface area contributed by atoms with E-state index in [0.717, 1.165) is 45.4 Å². The molecule has 8 nitrogen and oxygen atoms in total. The summed E-state index contributed by atoms with van der Waals surface area (Å²) in [7, 11) is 0. The average Bonchev–Trinajstić information content (AvgIpc) is 3.37. The first-order valence-corrected chi connectivity index (χ1v) is 11.6. The number of amides is 1. The van der Waals surface area contributed by atoms with Crippen LogP contribution in [0, 0.1) is 20.8 Å². The van der Waals surface area contributed by atoms with E-state index < -0.39 is 0 Å². The molecule has 1 amide bonds. The Morgan fingerprint density at radius 1 is 1.16 bits per heavy atom. The molecule has 3 aromatic rings. The van der Waals surface area contributed by atoms with Crippen molar-refractivity contribution in [1.29, 1.82) is 0 Å². The molecule has 4 heterocycles. The molecular weight excluding hydrogens is 412 g/mol. The lowest BCUT2D eigenvalue weighted by atomic mass is 9.90. The van der Waals surface area contributed by atoms with Gasteiger partial charge in [0.15, 0.2) is 5.76 Å². The Hall–Kier alpha value is -2.81. The molecule has 5 rings (SSSR count). The van der Waals surface area contributed by atoms with Crippen molar-refractivity contribution in [2.75, 3.05) is 18.4 Å². The van der Waals surface area contributed by atoms with Gasteiger partial charge < -0.3 is 14.7 Å². The Bertz CT molecular complexity index is 1110. The Balaban J connectivity index is 1.37. The number of hydrogen-bond donors (Lipinski definition) is 1. The molecule has 1 saturated carbocycles. The first kappa shape index (κ1) is 20.1. The molecule has 1 aliphatic carbocycles. The highest BCUT2D eigenvalue weighted by molar-refractivity contribution is 7.13. The molecule has 1 aliphatic heterocycles. The summed E-state index contributed by atoms with van der Waals surface area (Å²) in [5.74, 6) is 1.69. The minimum atomic E-state index is 0.0893. The molecule has 1 N–H and O–H groups in total. The van der Waals surface area contributed by atoms with E-state index in [-0.39, 0.29) is 11.8 Å². The van der Waals surface area contributed by atoms with Gasteiger partial charge in [0.25, 0.3) is 5.91 Å². The van der Waals surface area contributed by atoms with Crippen molar-refractivity contribution in [1.82, 2.24) is 25.0 Å². The van der Waals surface area contributed by atoms with Crippen LogP contribution in [0.5, 0.6) is 0 Å². The first-order valence-electron chi connectivity index (χ1n) is 10.8. The molecule has 0 spiro atoms. The normalized spacial score (nSPS) is 17.2. The van der Waals surface area contributed by atoms with Gasteiger partial charge in [-0.25, -0.2) is 15.0 Å². The third-order valence-corrected chi connectivity index (χ3v) is 6.95. The Morgan fingerprint density at radius 2 is 1.94 bits per heavy atom. The predicted octanol–water partition coefficient (Wildman–Crippen LogP) is 4.11. The van der Waals surface area contributed by atoms with Gasteiger partial charge >= 0.3 is 0 Å². The molecule has 0 unspecified atom stereocenters. The number of hydrogen-bond acceptors (Lipinski definition) is 8. The Kier molecular flexibility index (Phi) is 5.21. The second-order valence-electron chi connectivity index (χ2n) is 8.46. The fraction of sp³-hybridized carbons (Fsp3) is 0.500. The van der Waals surface area contributed by atoms with Crippen LogP contribution < -0.4 is 5.32 Å². The van der Waals surface area contributed by atoms with E-state index in [4.69, 9.17) is 9.51 Å². The number of anilines is 1. The molecule has 2 fully saturated rings. The highest BCUT2D eigenvalue weighted by atomic mass is 32.1. The van der Waals surface area contributed by atoms with Crippen molar-refractivity contribution < 1.29 is 9.32 Å². The van der Waals surface area contributed by atoms with Crippen molar-refractivity contribution >= 4 is 23.2 Å². The zero-order valence-corrected chi connectivity index (χ0v) is 18.8. The smallest absolute Gasteiger partial charge is 0.265 e. The summed E-state index contributed by atoms with van der Waals surface area (Å²) in [4.78, 5) is 29.5. The third kappa shape index (κ3) is 4.19. The number of nitrogens with one attached hydrogen (secondary N) is 1. The molecule has 0 atom stereocenters. The quantitative estimate of drug-likeness (QED) is 0.640. The minimum Gasteiger partial charge on any atom is -0.356 e. The van der Waals surface area contributed by atoms with Crippen LogP contribution in [0.3, 0.4) is 0 Å². The van der Waals surface area contributed by atoms with Crippen molar-refractivity contribution in [2.45, 2.75) is 58.4 Å². The molecular formula is C22H26N6O2S. The minimum absolute atomic E-state index is 0.0893. The zero-order chi connectivity index (χ0) is 21.5. The molecule has 3 aromatic heterocycles. The maximum absolute atomic E-state index is 13.0. The second kappa shape index (κ2) is 8.03. The van der Waals surface area contributed by atoms with E-state index in [9.17, 15) is 4.79 Å². The summed E-state index contributed by atoms with van der Waals surface area (Å²) in [6, 6.07) is 2.40. The van der Waals surface area contributed by atoms with E-state index in [0.29, 0.717) is 30.8 Å². The topological polar surface area (TPSA) is 97.0 Å². The maximum Gasteiger partial charge on any atom is 0.265 e. The van der Waals surface area contributed by atoms with Gasteiger partial charge in [-0.15, -0.1) is 11.3 Å². The molecule has 9 heteroatoms. The van der Waals surface area contributed by atoms with E-state index >= 15 is 0 Å². The van der Waals surface area contributed by atoms with Crippen LogP contribution in [0.15, 0.2) is 16.8 Å². The SMILES string of the molecule is Cc1cc(-c2cnc(NC3CC3)nc2C2CCN(C(=O)c3sc(C)nc3C)CC2)on1. The van der Waals surface area contributed by atoms with Gasteiger partial charge in [0.2, 0.25) is 5.95 Å². The number of aromatic nitrogens is 4. The number of carbonyl (C=O) groups excluding carboxylic acids is 1. The maximum atomic E-state index is 13.0. The summed E-state index contributed by atoms with van der Waals surface area (Å²) in [6.45, 7) is 7.15. The summed E-state index contributed by atoms with van der Waals surface area (Å²) in [5.41, 5.74) is 3.52. The van der Waals surface area contributed by atoms with Gasteiger partial charge in [-0.1, -0.05) is 5.16 Å². The van der Waals surface area contributed by atoms with Crippen LogP contribution in [0.25, 0.3) is 11.3 Å². The lowest BCUT2D eigenvalue weighted by molar-refractivity contribution is 0.0716. The predicted molar refractivity (Wildman–Crippen MR) is 118 cm³/mol. The van der Waals surface area contributed by atoms with E-state index in [1.54, 1.807) is 0 Å². The number of nitrogens with zero attached hydrogens (tertiary/aromatic N) is 5. The van der Waals surface area contributed by atoms with Crippen LogP contribution in [-0.4, -0.2) is 50.0 Å². The van der Waals surface area contributed by atoms with Crippen LogP contribution in [0.1, 0.15) is 63.4 Å². The van der Waals surface area contributed by atoms with E-state index in [2.05, 4.69) is 20.4 Å². The number of thiazole rings is 1. The summed E-state index contributed by atoms with van der Waals surface area (Å²) in [5, 5.41) is 8.36. The number of piperidine rings is 1. The highest BCUT2D eigenvalue weighted by Gasteiger charge is 2.30. The first-order chi connectivity index (χ1) is 15.0. The standard InChI is InChI=1S/C22H26N6O2S/c1-12-10-18(30-27-12)17-11-23-22(25-16-4-5-16)26-19(17)15-6-8-28(9-7-15)21(29)20-13(2)24-14(3)31-20/h10-11,15-16H,4-9H2,1-3H3,(H,23,25,26). The monoisotopic (exact) mass is 438 g/mol. The van der Waals surface area contributed by atoms with Crippen LogP contribution in [0.2, 0.25) is 0 Å². The lowest BCUT2D eigenvalue weighted by Crippen LogP contribution is -2.38. The van der Waals surface area contributed by atoms with Gasteiger partial charge in [-0.05, 0) is 46.5 Å². The fourth-order valence-electron chi connectivity index (χ4n) is 4.10. The van der Waals surface area contributed by atoms with Gasteiger partial charge in [0.1, 0.15) is 4.88 Å². The largest absolute Gasteiger partial charge is 0.356 e. The van der Waals surface area contributed by atoms with Crippen molar-refractivity contribution in [3.8, 4) is 11.3 Å². The number of likely N-dealkylation sites (tertiary alicyclic amines) is 1. The molecule has 0 radical (unpaired) electrons. The number of rotatable bonds is 5. The van der Waals surface area contributed by atoms with Gasteiger partial charge in [-0.2, -0.15) is 0 Å². The van der Waals surface area contributed by atoms with Crippen LogP contribution in [-0.2, 0) is 0 Å². The van der Waals surface area contributed by atoms with Gasteiger partial charge in [0, 0.05) is 37.3 Å². The highest BCUT2D eigenvalue weighted by Crippen LogP contribution is 2.36. The van der Waals surface area contributed by atoms with Gasteiger partial charge in [0.05, 0.1) is 27.7 Å². The molecule has 162 valence electrons.